The highest BCUT2D eigenvalue weighted by Gasteiger charge is 2.08. The Bertz CT molecular complexity index is 596. The molecule has 1 N–H and O–H groups in total. The lowest BCUT2D eigenvalue weighted by Crippen LogP contribution is -2.13. The van der Waals surface area contributed by atoms with E-state index in [1.54, 1.807) is 6.07 Å². The molecule has 0 aliphatic heterocycles. The summed E-state index contributed by atoms with van der Waals surface area (Å²) in [5.74, 6) is -0.219. The minimum Gasteiger partial charge on any atom is -0.313 e. The molecule has 0 saturated carbocycles. The van der Waals surface area contributed by atoms with Gasteiger partial charge in [-0.25, -0.2) is 4.39 Å². The van der Waals surface area contributed by atoms with E-state index in [4.69, 9.17) is 11.6 Å². The van der Waals surface area contributed by atoms with Gasteiger partial charge in [-0.1, -0.05) is 42.3 Å². The standard InChI is InChI=1S/C17H19ClFN/c1-3-8-20-11-14-6-5-13(10-16(14)18)15-9-12(2)4-7-17(15)19/h4-7,9-10,20H,3,8,11H2,1-2H3. The summed E-state index contributed by atoms with van der Waals surface area (Å²) in [5, 5.41) is 3.99. The minimum atomic E-state index is -0.219. The summed E-state index contributed by atoms with van der Waals surface area (Å²) < 4.78 is 13.9. The van der Waals surface area contributed by atoms with Crippen molar-refractivity contribution in [2.75, 3.05) is 6.54 Å². The fourth-order valence-corrected chi connectivity index (χ4v) is 2.37. The van der Waals surface area contributed by atoms with Crippen molar-refractivity contribution in [1.82, 2.24) is 5.32 Å². The lowest BCUT2D eigenvalue weighted by atomic mass is 10.0. The van der Waals surface area contributed by atoms with Crippen molar-refractivity contribution in [2.24, 2.45) is 0 Å². The normalized spacial score (nSPS) is 10.8. The molecule has 0 atom stereocenters. The van der Waals surface area contributed by atoms with Crippen LogP contribution >= 0.6 is 11.6 Å². The van der Waals surface area contributed by atoms with Gasteiger partial charge in [0.15, 0.2) is 0 Å². The van der Waals surface area contributed by atoms with Crippen molar-refractivity contribution in [2.45, 2.75) is 26.8 Å². The molecule has 0 bridgehead atoms. The van der Waals surface area contributed by atoms with E-state index >= 15 is 0 Å². The van der Waals surface area contributed by atoms with Crippen molar-refractivity contribution < 1.29 is 4.39 Å². The predicted octanol–water partition coefficient (Wildman–Crippen LogP) is 4.95. The van der Waals surface area contributed by atoms with Crippen LogP contribution in [-0.2, 0) is 6.54 Å². The quantitative estimate of drug-likeness (QED) is 0.768. The van der Waals surface area contributed by atoms with E-state index in [1.807, 2.05) is 31.2 Å². The number of rotatable bonds is 5. The molecule has 0 amide bonds. The lowest BCUT2D eigenvalue weighted by molar-refractivity contribution is 0.631. The van der Waals surface area contributed by atoms with E-state index in [2.05, 4.69) is 12.2 Å². The Hall–Kier alpha value is -1.38. The average molecular weight is 292 g/mol. The zero-order chi connectivity index (χ0) is 14.5. The van der Waals surface area contributed by atoms with Crippen LogP contribution in [-0.4, -0.2) is 6.54 Å². The van der Waals surface area contributed by atoms with Gasteiger partial charge in [0.2, 0.25) is 0 Å². The van der Waals surface area contributed by atoms with Crippen LogP contribution in [0.15, 0.2) is 36.4 Å². The van der Waals surface area contributed by atoms with Crippen LogP contribution in [0.5, 0.6) is 0 Å². The van der Waals surface area contributed by atoms with Gasteiger partial charge in [0.1, 0.15) is 5.82 Å². The summed E-state index contributed by atoms with van der Waals surface area (Å²) in [4.78, 5) is 0. The van der Waals surface area contributed by atoms with Gasteiger partial charge in [-0.2, -0.15) is 0 Å². The minimum absolute atomic E-state index is 0.219. The first-order valence-electron chi connectivity index (χ1n) is 6.87. The van der Waals surface area contributed by atoms with Gasteiger partial charge in [0.05, 0.1) is 0 Å². The summed E-state index contributed by atoms with van der Waals surface area (Å²) in [6.45, 7) is 5.78. The summed E-state index contributed by atoms with van der Waals surface area (Å²) in [6, 6.07) is 10.8. The summed E-state index contributed by atoms with van der Waals surface area (Å²) in [7, 11) is 0. The Morgan fingerprint density at radius 3 is 2.65 bits per heavy atom. The molecule has 20 heavy (non-hydrogen) atoms. The first kappa shape index (κ1) is 15.0. The second-order valence-electron chi connectivity index (χ2n) is 4.97. The van der Waals surface area contributed by atoms with Crippen LogP contribution in [0.2, 0.25) is 5.02 Å². The maximum Gasteiger partial charge on any atom is 0.131 e. The van der Waals surface area contributed by atoms with Gasteiger partial charge in [-0.05, 0) is 49.2 Å². The topological polar surface area (TPSA) is 12.0 Å². The smallest absolute Gasteiger partial charge is 0.131 e. The number of nitrogens with one attached hydrogen (secondary N) is 1. The molecule has 1 nitrogen and oxygen atoms in total. The maximum absolute atomic E-state index is 13.9. The van der Waals surface area contributed by atoms with Crippen molar-refractivity contribution in [3.8, 4) is 11.1 Å². The van der Waals surface area contributed by atoms with E-state index in [0.29, 0.717) is 10.6 Å². The zero-order valence-electron chi connectivity index (χ0n) is 11.8. The summed E-state index contributed by atoms with van der Waals surface area (Å²) in [5.41, 5.74) is 3.48. The van der Waals surface area contributed by atoms with Gasteiger partial charge < -0.3 is 5.32 Å². The van der Waals surface area contributed by atoms with E-state index in [9.17, 15) is 4.39 Å². The third-order valence-corrected chi connectivity index (χ3v) is 3.58. The molecule has 0 aliphatic carbocycles. The highest BCUT2D eigenvalue weighted by atomic mass is 35.5. The predicted molar refractivity (Wildman–Crippen MR) is 83.6 cm³/mol. The Morgan fingerprint density at radius 1 is 1.15 bits per heavy atom. The number of hydrogen-bond donors (Lipinski definition) is 1. The number of benzene rings is 2. The molecule has 3 heteroatoms. The molecule has 0 aromatic heterocycles. The van der Waals surface area contributed by atoms with Crippen molar-refractivity contribution in [3.05, 3.63) is 58.4 Å². The van der Waals surface area contributed by atoms with Gasteiger partial charge >= 0.3 is 0 Å². The molecule has 0 saturated heterocycles. The average Bonchev–Trinajstić information content (AvgIpc) is 2.43. The molecule has 0 fully saturated rings. The molecular weight excluding hydrogens is 273 g/mol. The van der Waals surface area contributed by atoms with Crippen molar-refractivity contribution in [1.29, 1.82) is 0 Å². The van der Waals surface area contributed by atoms with Crippen molar-refractivity contribution >= 4 is 11.6 Å². The molecule has 2 aromatic carbocycles. The third kappa shape index (κ3) is 3.59. The first-order valence-corrected chi connectivity index (χ1v) is 7.25. The highest BCUT2D eigenvalue weighted by molar-refractivity contribution is 6.31. The van der Waals surface area contributed by atoms with Crippen LogP contribution in [0.25, 0.3) is 11.1 Å². The van der Waals surface area contributed by atoms with Crippen LogP contribution in [0.3, 0.4) is 0 Å². The molecule has 0 unspecified atom stereocenters. The first-order chi connectivity index (χ1) is 9.61. The van der Waals surface area contributed by atoms with E-state index in [-0.39, 0.29) is 5.82 Å². The molecule has 0 aliphatic rings. The van der Waals surface area contributed by atoms with Crippen LogP contribution in [0.4, 0.5) is 4.39 Å². The van der Waals surface area contributed by atoms with Crippen LogP contribution < -0.4 is 5.32 Å². The molecule has 2 rings (SSSR count). The Labute approximate surface area is 124 Å². The summed E-state index contributed by atoms with van der Waals surface area (Å²) in [6.07, 6.45) is 1.09. The highest BCUT2D eigenvalue weighted by Crippen LogP contribution is 2.28. The SMILES string of the molecule is CCCNCc1ccc(-c2cc(C)ccc2F)cc1Cl. The Kier molecular flexibility index (Phi) is 5.16. The fourth-order valence-electron chi connectivity index (χ4n) is 2.12. The van der Waals surface area contributed by atoms with Crippen LogP contribution in [0, 0.1) is 12.7 Å². The van der Waals surface area contributed by atoms with Gasteiger partial charge in [0.25, 0.3) is 0 Å². The largest absolute Gasteiger partial charge is 0.313 e. The van der Waals surface area contributed by atoms with E-state index in [0.717, 1.165) is 36.2 Å². The van der Waals surface area contributed by atoms with Gasteiger partial charge in [0, 0.05) is 17.1 Å². The molecule has 0 heterocycles. The molecule has 2 aromatic rings. The number of hydrogen-bond acceptors (Lipinski definition) is 1. The maximum atomic E-state index is 13.9. The molecule has 0 spiro atoms. The fraction of sp³-hybridized carbons (Fsp3) is 0.294. The summed E-state index contributed by atoms with van der Waals surface area (Å²) >= 11 is 6.29. The van der Waals surface area contributed by atoms with Crippen molar-refractivity contribution in [3.63, 3.8) is 0 Å². The Morgan fingerprint density at radius 2 is 1.95 bits per heavy atom. The van der Waals surface area contributed by atoms with Gasteiger partial charge in [-0.15, -0.1) is 0 Å². The molecule has 0 radical (unpaired) electrons. The number of aryl methyl sites for hydroxylation is 1. The van der Waals surface area contributed by atoms with Crippen LogP contribution in [0.1, 0.15) is 24.5 Å². The molecule has 106 valence electrons. The van der Waals surface area contributed by atoms with E-state index in [1.165, 1.54) is 6.07 Å². The lowest BCUT2D eigenvalue weighted by Gasteiger charge is -2.09. The van der Waals surface area contributed by atoms with Gasteiger partial charge in [-0.3, -0.25) is 0 Å². The Balaban J connectivity index is 2.26. The zero-order valence-corrected chi connectivity index (χ0v) is 12.6. The number of halogens is 2. The second kappa shape index (κ2) is 6.87. The second-order valence-corrected chi connectivity index (χ2v) is 5.37. The van der Waals surface area contributed by atoms with E-state index < -0.39 is 0 Å². The third-order valence-electron chi connectivity index (χ3n) is 3.23. The molecular formula is C17H19ClFN. The monoisotopic (exact) mass is 291 g/mol.